The molecule has 0 fully saturated rings. The van der Waals surface area contributed by atoms with Gasteiger partial charge in [-0.3, -0.25) is 9.59 Å². The van der Waals surface area contributed by atoms with Crippen LogP contribution in [-0.2, 0) is 0 Å². The Kier molecular flexibility index (Phi) is 4.91. The van der Waals surface area contributed by atoms with Crippen molar-refractivity contribution in [3.05, 3.63) is 83.6 Å². The molecule has 5 nitrogen and oxygen atoms in total. The third-order valence-electron chi connectivity index (χ3n) is 4.96. The number of methoxy groups -OCH3 is 1. The summed E-state index contributed by atoms with van der Waals surface area (Å²) in [6, 6.07) is 20.4. The van der Waals surface area contributed by atoms with E-state index in [2.05, 4.69) is 0 Å². The van der Waals surface area contributed by atoms with Crippen LogP contribution in [-0.4, -0.2) is 48.6 Å². The fourth-order valence-corrected chi connectivity index (χ4v) is 3.61. The highest BCUT2D eigenvalue weighted by Gasteiger charge is 2.22. The fourth-order valence-electron chi connectivity index (χ4n) is 3.61. The second-order valence-corrected chi connectivity index (χ2v) is 7.28. The molecule has 0 spiro atoms. The zero-order valence-electron chi connectivity index (χ0n) is 16.7. The van der Waals surface area contributed by atoms with Crippen LogP contribution >= 0.6 is 0 Å². The Hall–Kier alpha value is -3.44. The number of pyridine rings is 1. The van der Waals surface area contributed by atoms with Crippen molar-refractivity contribution in [1.29, 1.82) is 0 Å². The number of ketones is 2. The molecule has 0 saturated carbocycles. The summed E-state index contributed by atoms with van der Waals surface area (Å²) < 4.78 is 7.21. The zero-order valence-corrected chi connectivity index (χ0v) is 16.7. The number of fused-ring (bicyclic) bond motifs is 3. The van der Waals surface area contributed by atoms with Crippen LogP contribution in [0.3, 0.4) is 0 Å². The van der Waals surface area contributed by atoms with Crippen molar-refractivity contribution >= 4 is 28.0 Å². The van der Waals surface area contributed by atoms with E-state index >= 15 is 0 Å². The van der Waals surface area contributed by atoms with Crippen LogP contribution in [0, 0.1) is 0 Å². The number of carbonyl (C=O) groups excluding carboxylic acids is 2. The van der Waals surface area contributed by atoms with Gasteiger partial charge < -0.3 is 14.0 Å². The lowest BCUT2D eigenvalue weighted by atomic mass is 10.1. The summed E-state index contributed by atoms with van der Waals surface area (Å²) in [7, 11) is 5.33. The molecule has 0 aliphatic heterocycles. The number of benzene rings is 2. The van der Waals surface area contributed by atoms with Crippen molar-refractivity contribution in [3.8, 4) is 5.75 Å². The lowest BCUT2D eigenvalue weighted by Gasteiger charge is -2.10. The number of hydrogen-bond donors (Lipinski definition) is 0. The highest BCUT2D eigenvalue weighted by Crippen LogP contribution is 2.28. The molecule has 2 aromatic heterocycles. The van der Waals surface area contributed by atoms with Crippen molar-refractivity contribution < 1.29 is 14.3 Å². The van der Waals surface area contributed by atoms with E-state index in [0.717, 1.165) is 22.2 Å². The normalized spacial score (nSPS) is 11.3. The third-order valence-corrected chi connectivity index (χ3v) is 4.96. The molecular weight excluding hydrogens is 364 g/mol. The van der Waals surface area contributed by atoms with E-state index in [0.29, 0.717) is 16.8 Å². The number of rotatable bonds is 6. The summed E-state index contributed by atoms with van der Waals surface area (Å²) in [4.78, 5) is 28.0. The van der Waals surface area contributed by atoms with Crippen LogP contribution < -0.4 is 4.74 Å². The molecule has 146 valence electrons. The van der Waals surface area contributed by atoms with Crippen LogP contribution in [0.15, 0.2) is 66.7 Å². The van der Waals surface area contributed by atoms with E-state index in [1.807, 2.05) is 71.9 Å². The quantitative estimate of drug-likeness (QED) is 0.469. The van der Waals surface area contributed by atoms with Gasteiger partial charge >= 0.3 is 0 Å². The van der Waals surface area contributed by atoms with E-state index in [1.54, 1.807) is 25.3 Å². The number of Topliss-reactive ketones (excluding diaryl/α,β-unsaturated/α-hetero) is 1. The molecule has 0 radical (unpaired) electrons. The molecule has 4 rings (SSSR count). The van der Waals surface area contributed by atoms with Gasteiger partial charge in [0.05, 0.1) is 30.4 Å². The van der Waals surface area contributed by atoms with Gasteiger partial charge in [0.15, 0.2) is 5.78 Å². The molecule has 29 heavy (non-hydrogen) atoms. The van der Waals surface area contributed by atoms with Gasteiger partial charge in [0.1, 0.15) is 5.75 Å². The first kappa shape index (κ1) is 18.9. The molecule has 0 unspecified atom stereocenters. The summed E-state index contributed by atoms with van der Waals surface area (Å²) in [5, 5.41) is 0.932. The van der Waals surface area contributed by atoms with Crippen molar-refractivity contribution in [1.82, 2.24) is 9.30 Å². The van der Waals surface area contributed by atoms with E-state index in [4.69, 9.17) is 4.74 Å². The summed E-state index contributed by atoms with van der Waals surface area (Å²) >= 11 is 0. The number of ether oxygens (including phenoxy) is 1. The molecule has 4 aromatic rings. The van der Waals surface area contributed by atoms with E-state index in [1.165, 1.54) is 0 Å². The number of carbonyl (C=O) groups is 2. The first-order chi connectivity index (χ1) is 14.0. The molecule has 0 amide bonds. The minimum absolute atomic E-state index is 0.0209. The monoisotopic (exact) mass is 386 g/mol. The SMILES string of the molecule is COc1ccc2c(ccc3c(C(=O)CN(C)C)cc(C(=O)c4ccccc4)n32)c1. The molecule has 0 bridgehead atoms. The number of aromatic nitrogens is 1. The fraction of sp³-hybridized carbons (Fsp3) is 0.167. The predicted molar refractivity (Wildman–Crippen MR) is 114 cm³/mol. The van der Waals surface area contributed by atoms with Crippen LogP contribution in [0.25, 0.3) is 16.4 Å². The Morgan fingerprint density at radius 2 is 1.66 bits per heavy atom. The van der Waals surface area contributed by atoms with Gasteiger partial charge in [0.25, 0.3) is 0 Å². The Morgan fingerprint density at radius 1 is 0.931 bits per heavy atom. The molecule has 2 heterocycles. The van der Waals surface area contributed by atoms with Gasteiger partial charge in [-0.1, -0.05) is 36.4 Å². The Bertz CT molecular complexity index is 1220. The molecule has 5 heteroatoms. The third kappa shape index (κ3) is 3.41. The molecular formula is C24H22N2O3. The van der Waals surface area contributed by atoms with Gasteiger partial charge in [0.2, 0.25) is 5.78 Å². The van der Waals surface area contributed by atoms with Crippen molar-refractivity contribution in [2.24, 2.45) is 0 Å². The molecule has 2 aromatic carbocycles. The van der Waals surface area contributed by atoms with Gasteiger partial charge in [-0.25, -0.2) is 0 Å². The predicted octanol–water partition coefficient (Wildman–Crippen LogP) is 4.08. The minimum Gasteiger partial charge on any atom is -0.497 e. The minimum atomic E-state index is -0.118. The standard InChI is InChI=1S/C24H22N2O3/c1-25(2)15-23(27)19-14-22(24(28)16-7-5-4-6-8-16)26-20-12-10-18(29-3)13-17(20)9-11-21(19)26/h4-14H,15H2,1-3H3. The zero-order chi connectivity index (χ0) is 20.5. The van der Waals surface area contributed by atoms with E-state index in [9.17, 15) is 9.59 Å². The van der Waals surface area contributed by atoms with E-state index < -0.39 is 0 Å². The average molecular weight is 386 g/mol. The van der Waals surface area contributed by atoms with Crippen LogP contribution in [0.1, 0.15) is 26.4 Å². The smallest absolute Gasteiger partial charge is 0.209 e. The average Bonchev–Trinajstić information content (AvgIpc) is 3.13. The second-order valence-electron chi connectivity index (χ2n) is 7.28. The lowest BCUT2D eigenvalue weighted by molar-refractivity contribution is 0.0959. The molecule has 0 atom stereocenters. The van der Waals surface area contributed by atoms with Crippen molar-refractivity contribution in [3.63, 3.8) is 0 Å². The summed E-state index contributed by atoms with van der Waals surface area (Å²) in [5.74, 6) is 0.601. The highest BCUT2D eigenvalue weighted by atomic mass is 16.5. The van der Waals surface area contributed by atoms with Crippen molar-refractivity contribution in [2.45, 2.75) is 0 Å². The van der Waals surface area contributed by atoms with Crippen LogP contribution in [0.2, 0.25) is 0 Å². The topological polar surface area (TPSA) is 51.0 Å². The Balaban J connectivity index is 2.00. The largest absolute Gasteiger partial charge is 0.497 e. The van der Waals surface area contributed by atoms with E-state index in [-0.39, 0.29) is 18.1 Å². The molecule has 0 aliphatic rings. The number of nitrogens with zero attached hydrogens (tertiary/aromatic N) is 2. The van der Waals surface area contributed by atoms with Gasteiger partial charge in [0, 0.05) is 16.5 Å². The maximum absolute atomic E-state index is 13.3. The maximum atomic E-state index is 13.3. The van der Waals surface area contributed by atoms with Crippen LogP contribution in [0.4, 0.5) is 0 Å². The van der Waals surface area contributed by atoms with Crippen molar-refractivity contribution in [2.75, 3.05) is 27.7 Å². The molecule has 0 aliphatic carbocycles. The highest BCUT2D eigenvalue weighted by molar-refractivity contribution is 6.13. The summed E-state index contributed by atoms with van der Waals surface area (Å²) in [6.45, 7) is 0.277. The number of hydrogen-bond acceptors (Lipinski definition) is 4. The van der Waals surface area contributed by atoms with Gasteiger partial charge in [-0.05, 0) is 44.4 Å². The number of likely N-dealkylation sites (N-methyl/N-ethyl adjacent to an activating group) is 1. The summed E-state index contributed by atoms with van der Waals surface area (Å²) in [5.41, 5.74) is 3.20. The maximum Gasteiger partial charge on any atom is 0.209 e. The Morgan fingerprint density at radius 3 is 2.34 bits per heavy atom. The Labute approximate surface area is 169 Å². The first-order valence-electron chi connectivity index (χ1n) is 9.39. The molecule has 0 saturated heterocycles. The van der Waals surface area contributed by atoms with Gasteiger partial charge in [-0.2, -0.15) is 0 Å². The lowest BCUT2D eigenvalue weighted by Crippen LogP contribution is -2.21. The van der Waals surface area contributed by atoms with Gasteiger partial charge in [-0.15, -0.1) is 0 Å². The summed E-state index contributed by atoms with van der Waals surface area (Å²) in [6.07, 6.45) is 0. The first-order valence-corrected chi connectivity index (χ1v) is 9.39. The molecule has 0 N–H and O–H groups in total. The van der Waals surface area contributed by atoms with Crippen LogP contribution in [0.5, 0.6) is 5.75 Å². The second kappa shape index (κ2) is 7.53.